The minimum Gasteiger partial charge on any atom is -0.355 e. The highest BCUT2D eigenvalue weighted by Gasteiger charge is 2.25. The number of benzene rings is 2. The standard InChI is InChI=1S/C22H26F2N2OS/c23-20-7-3-1-5-18(20)15-26-12-9-17(10-13-26)22(27)25-11-14-28-16-19-6-2-4-8-21(19)24/h1-8,17H,9-16H2,(H,25,27). The normalized spacial score (nSPS) is 15.5. The lowest BCUT2D eigenvalue weighted by Crippen LogP contribution is -2.40. The molecule has 1 heterocycles. The number of carbonyl (C=O) groups excluding carboxylic acids is 1. The number of rotatable bonds is 8. The Kier molecular flexibility index (Phi) is 7.86. The molecule has 28 heavy (non-hydrogen) atoms. The Morgan fingerprint density at radius 1 is 1.00 bits per heavy atom. The molecule has 0 saturated carbocycles. The summed E-state index contributed by atoms with van der Waals surface area (Å²) in [6.45, 7) is 2.78. The Hall–Kier alpha value is -1.92. The summed E-state index contributed by atoms with van der Waals surface area (Å²) in [4.78, 5) is 14.5. The maximum Gasteiger partial charge on any atom is 0.223 e. The molecular weight excluding hydrogens is 378 g/mol. The minimum absolute atomic E-state index is 0.0217. The summed E-state index contributed by atoms with van der Waals surface area (Å²) >= 11 is 1.61. The predicted octanol–water partition coefficient (Wildman–Crippen LogP) is 4.23. The Morgan fingerprint density at radius 3 is 2.25 bits per heavy atom. The highest BCUT2D eigenvalue weighted by molar-refractivity contribution is 7.98. The number of halogens is 2. The fraction of sp³-hybridized carbons (Fsp3) is 0.409. The molecule has 1 aliphatic rings. The van der Waals surface area contributed by atoms with Gasteiger partial charge in [0.05, 0.1) is 0 Å². The van der Waals surface area contributed by atoms with Gasteiger partial charge in [0.15, 0.2) is 0 Å². The van der Waals surface area contributed by atoms with E-state index >= 15 is 0 Å². The SMILES string of the molecule is O=C(NCCSCc1ccccc1F)C1CCN(Cc2ccccc2F)CC1. The van der Waals surface area contributed by atoms with Gasteiger partial charge in [0.2, 0.25) is 5.91 Å². The molecule has 150 valence electrons. The monoisotopic (exact) mass is 404 g/mol. The maximum atomic E-state index is 13.8. The van der Waals surface area contributed by atoms with Gasteiger partial charge in [-0.15, -0.1) is 0 Å². The van der Waals surface area contributed by atoms with Crippen molar-refractivity contribution in [2.24, 2.45) is 5.92 Å². The number of hydrogen-bond acceptors (Lipinski definition) is 3. The molecular formula is C22H26F2N2OS. The number of nitrogens with one attached hydrogen (secondary N) is 1. The van der Waals surface area contributed by atoms with Crippen LogP contribution >= 0.6 is 11.8 Å². The van der Waals surface area contributed by atoms with Crippen LogP contribution in [0.4, 0.5) is 8.78 Å². The third kappa shape index (κ3) is 6.04. The van der Waals surface area contributed by atoms with Crippen molar-refractivity contribution in [3.05, 3.63) is 71.3 Å². The number of likely N-dealkylation sites (tertiary alicyclic amines) is 1. The van der Waals surface area contributed by atoms with Crippen LogP contribution in [0.5, 0.6) is 0 Å². The van der Waals surface area contributed by atoms with Crippen molar-refractivity contribution < 1.29 is 13.6 Å². The van der Waals surface area contributed by atoms with Crippen molar-refractivity contribution >= 4 is 17.7 Å². The topological polar surface area (TPSA) is 32.3 Å². The highest BCUT2D eigenvalue weighted by atomic mass is 32.2. The molecule has 1 N–H and O–H groups in total. The predicted molar refractivity (Wildman–Crippen MR) is 110 cm³/mol. The van der Waals surface area contributed by atoms with Crippen molar-refractivity contribution in [2.75, 3.05) is 25.4 Å². The van der Waals surface area contributed by atoms with Gasteiger partial charge < -0.3 is 5.32 Å². The molecule has 0 spiro atoms. The smallest absolute Gasteiger partial charge is 0.223 e. The van der Waals surface area contributed by atoms with E-state index in [-0.39, 0.29) is 23.5 Å². The van der Waals surface area contributed by atoms with Gasteiger partial charge in [-0.25, -0.2) is 8.78 Å². The largest absolute Gasteiger partial charge is 0.355 e. The van der Waals surface area contributed by atoms with Crippen LogP contribution in [0.15, 0.2) is 48.5 Å². The van der Waals surface area contributed by atoms with Crippen LogP contribution in [0.1, 0.15) is 24.0 Å². The van der Waals surface area contributed by atoms with Crippen LogP contribution in [0, 0.1) is 17.6 Å². The Morgan fingerprint density at radius 2 is 1.61 bits per heavy atom. The van der Waals surface area contributed by atoms with E-state index in [0.29, 0.717) is 30.0 Å². The number of amides is 1. The Balaban J connectivity index is 1.32. The summed E-state index contributed by atoms with van der Waals surface area (Å²) in [7, 11) is 0. The van der Waals surface area contributed by atoms with E-state index in [1.807, 2.05) is 18.2 Å². The minimum atomic E-state index is -0.179. The average molecular weight is 405 g/mol. The van der Waals surface area contributed by atoms with Crippen molar-refractivity contribution in [3.63, 3.8) is 0 Å². The second-order valence-electron chi connectivity index (χ2n) is 7.08. The molecule has 0 atom stereocenters. The van der Waals surface area contributed by atoms with E-state index in [1.54, 1.807) is 30.0 Å². The van der Waals surface area contributed by atoms with E-state index in [4.69, 9.17) is 0 Å². The van der Waals surface area contributed by atoms with Gasteiger partial charge in [-0.1, -0.05) is 36.4 Å². The third-order valence-electron chi connectivity index (χ3n) is 5.07. The number of hydrogen-bond donors (Lipinski definition) is 1. The Bertz CT molecular complexity index is 779. The molecule has 0 aliphatic carbocycles. The number of nitrogens with zero attached hydrogens (tertiary/aromatic N) is 1. The molecule has 0 bridgehead atoms. The molecule has 1 fully saturated rings. The molecule has 0 aromatic heterocycles. The van der Waals surface area contributed by atoms with E-state index < -0.39 is 0 Å². The molecule has 1 amide bonds. The molecule has 1 saturated heterocycles. The second-order valence-corrected chi connectivity index (χ2v) is 8.18. The van der Waals surface area contributed by atoms with Crippen LogP contribution in [0.2, 0.25) is 0 Å². The zero-order valence-corrected chi connectivity index (χ0v) is 16.7. The maximum absolute atomic E-state index is 13.8. The van der Waals surface area contributed by atoms with Gasteiger partial charge in [-0.3, -0.25) is 9.69 Å². The second kappa shape index (κ2) is 10.6. The van der Waals surface area contributed by atoms with Gasteiger partial charge in [-0.05, 0) is 43.6 Å². The van der Waals surface area contributed by atoms with Gasteiger partial charge in [0.1, 0.15) is 11.6 Å². The van der Waals surface area contributed by atoms with E-state index in [2.05, 4.69) is 10.2 Å². The van der Waals surface area contributed by atoms with Gasteiger partial charge in [-0.2, -0.15) is 11.8 Å². The lowest BCUT2D eigenvalue weighted by atomic mass is 9.95. The van der Waals surface area contributed by atoms with E-state index in [0.717, 1.165) is 31.7 Å². The summed E-state index contributed by atoms with van der Waals surface area (Å²) in [5, 5.41) is 2.99. The van der Waals surface area contributed by atoms with Crippen LogP contribution in [0.3, 0.4) is 0 Å². The third-order valence-corrected chi connectivity index (χ3v) is 6.08. The molecule has 0 radical (unpaired) electrons. The molecule has 3 nitrogen and oxygen atoms in total. The molecule has 2 aromatic rings. The molecule has 2 aromatic carbocycles. The highest BCUT2D eigenvalue weighted by Crippen LogP contribution is 2.20. The molecule has 3 rings (SSSR count). The van der Waals surface area contributed by atoms with Crippen molar-refractivity contribution in [2.45, 2.75) is 25.1 Å². The molecule has 1 aliphatic heterocycles. The summed E-state index contributed by atoms with van der Waals surface area (Å²) in [5.41, 5.74) is 1.40. The number of piperidine rings is 1. The summed E-state index contributed by atoms with van der Waals surface area (Å²) < 4.78 is 27.3. The lowest BCUT2D eigenvalue weighted by Gasteiger charge is -2.31. The summed E-state index contributed by atoms with van der Waals surface area (Å²) in [5.74, 6) is 1.13. The fourth-order valence-electron chi connectivity index (χ4n) is 3.41. The first-order valence-electron chi connectivity index (χ1n) is 9.68. The van der Waals surface area contributed by atoms with Crippen LogP contribution < -0.4 is 5.32 Å². The zero-order valence-electron chi connectivity index (χ0n) is 15.9. The van der Waals surface area contributed by atoms with Gasteiger partial charge in [0, 0.05) is 36.1 Å². The zero-order chi connectivity index (χ0) is 19.8. The van der Waals surface area contributed by atoms with Crippen molar-refractivity contribution in [1.82, 2.24) is 10.2 Å². The van der Waals surface area contributed by atoms with Crippen LogP contribution in [-0.4, -0.2) is 36.2 Å². The quantitative estimate of drug-likeness (QED) is 0.669. The van der Waals surface area contributed by atoms with Crippen LogP contribution in [-0.2, 0) is 17.1 Å². The van der Waals surface area contributed by atoms with E-state index in [9.17, 15) is 13.6 Å². The first kappa shape index (κ1) is 20.8. The van der Waals surface area contributed by atoms with Gasteiger partial charge in [0.25, 0.3) is 0 Å². The molecule has 0 unspecified atom stereocenters. The first-order chi connectivity index (χ1) is 13.6. The number of carbonyl (C=O) groups is 1. The summed E-state index contributed by atoms with van der Waals surface area (Å²) in [6.07, 6.45) is 1.59. The lowest BCUT2D eigenvalue weighted by molar-refractivity contribution is -0.126. The average Bonchev–Trinajstić information content (AvgIpc) is 2.71. The van der Waals surface area contributed by atoms with E-state index in [1.165, 1.54) is 12.1 Å². The fourth-order valence-corrected chi connectivity index (χ4v) is 4.25. The van der Waals surface area contributed by atoms with Crippen LogP contribution in [0.25, 0.3) is 0 Å². The Labute approximate surface area is 169 Å². The van der Waals surface area contributed by atoms with Crippen molar-refractivity contribution in [1.29, 1.82) is 0 Å². The number of thioether (sulfide) groups is 1. The summed E-state index contributed by atoms with van der Waals surface area (Å²) in [6, 6.07) is 13.6. The molecule has 6 heteroatoms. The van der Waals surface area contributed by atoms with Gasteiger partial charge >= 0.3 is 0 Å². The van der Waals surface area contributed by atoms with Crippen molar-refractivity contribution in [3.8, 4) is 0 Å². The first-order valence-corrected chi connectivity index (χ1v) is 10.8.